The fraction of sp³-hybridized carbons (Fsp3) is 0.368. The first kappa shape index (κ1) is 16.7. The molecule has 0 radical (unpaired) electrons. The SMILES string of the molecule is CC(C)C(NC(=O)c1cccc(N2CCCC2=O)c1)c1cccs1. The lowest BCUT2D eigenvalue weighted by Gasteiger charge is -2.22. The molecular formula is C19H22N2O2S. The van der Waals surface area contributed by atoms with Gasteiger partial charge in [0.25, 0.3) is 5.91 Å². The van der Waals surface area contributed by atoms with Crippen LogP contribution in [0.25, 0.3) is 0 Å². The number of hydrogen-bond donors (Lipinski definition) is 1. The van der Waals surface area contributed by atoms with E-state index in [1.807, 2.05) is 29.6 Å². The first-order valence-corrected chi connectivity index (χ1v) is 9.19. The van der Waals surface area contributed by atoms with Crippen LogP contribution in [-0.2, 0) is 4.79 Å². The van der Waals surface area contributed by atoms with E-state index in [0.29, 0.717) is 17.9 Å². The smallest absolute Gasteiger partial charge is 0.251 e. The van der Waals surface area contributed by atoms with Gasteiger partial charge in [-0.05, 0) is 42.0 Å². The topological polar surface area (TPSA) is 49.4 Å². The second-order valence-corrected chi connectivity index (χ2v) is 7.39. The van der Waals surface area contributed by atoms with Gasteiger partial charge in [-0.25, -0.2) is 0 Å². The second-order valence-electron chi connectivity index (χ2n) is 6.41. The molecule has 1 aromatic heterocycles. The number of benzene rings is 1. The number of nitrogens with zero attached hydrogens (tertiary/aromatic N) is 1. The monoisotopic (exact) mass is 342 g/mol. The van der Waals surface area contributed by atoms with Gasteiger partial charge >= 0.3 is 0 Å². The zero-order valence-electron chi connectivity index (χ0n) is 14.0. The zero-order chi connectivity index (χ0) is 17.1. The van der Waals surface area contributed by atoms with Crippen molar-refractivity contribution in [3.63, 3.8) is 0 Å². The Morgan fingerprint density at radius 2 is 2.08 bits per heavy atom. The molecule has 1 aliphatic heterocycles. The first-order chi connectivity index (χ1) is 11.6. The van der Waals surface area contributed by atoms with Gasteiger partial charge in [0.2, 0.25) is 5.91 Å². The molecule has 2 aromatic rings. The maximum absolute atomic E-state index is 12.7. The van der Waals surface area contributed by atoms with E-state index >= 15 is 0 Å². The van der Waals surface area contributed by atoms with Gasteiger partial charge in [-0.15, -0.1) is 11.3 Å². The molecule has 126 valence electrons. The average Bonchev–Trinajstić information content (AvgIpc) is 3.23. The molecule has 1 fully saturated rings. The summed E-state index contributed by atoms with van der Waals surface area (Å²) >= 11 is 1.65. The maximum Gasteiger partial charge on any atom is 0.251 e. The fourth-order valence-electron chi connectivity index (χ4n) is 3.00. The third-order valence-electron chi connectivity index (χ3n) is 4.30. The molecule has 4 nitrogen and oxygen atoms in total. The number of thiophene rings is 1. The van der Waals surface area contributed by atoms with Crippen LogP contribution in [0.3, 0.4) is 0 Å². The van der Waals surface area contributed by atoms with Crippen LogP contribution in [0.15, 0.2) is 41.8 Å². The van der Waals surface area contributed by atoms with Gasteiger partial charge < -0.3 is 10.2 Å². The van der Waals surface area contributed by atoms with E-state index in [9.17, 15) is 9.59 Å². The van der Waals surface area contributed by atoms with Crippen LogP contribution in [0.4, 0.5) is 5.69 Å². The van der Waals surface area contributed by atoms with Gasteiger partial charge in [-0.3, -0.25) is 9.59 Å². The Hall–Kier alpha value is -2.14. The Bertz CT molecular complexity index is 725. The van der Waals surface area contributed by atoms with Crippen molar-refractivity contribution < 1.29 is 9.59 Å². The van der Waals surface area contributed by atoms with Crippen molar-refractivity contribution in [1.29, 1.82) is 0 Å². The quantitative estimate of drug-likeness (QED) is 0.893. The Kier molecular flexibility index (Phi) is 5.00. The lowest BCUT2D eigenvalue weighted by Crippen LogP contribution is -2.31. The highest BCUT2D eigenvalue weighted by atomic mass is 32.1. The fourth-order valence-corrected chi connectivity index (χ4v) is 3.94. The molecule has 1 saturated heterocycles. The molecular weight excluding hydrogens is 320 g/mol. The van der Waals surface area contributed by atoms with Crippen LogP contribution in [0.5, 0.6) is 0 Å². The van der Waals surface area contributed by atoms with Crippen LogP contribution >= 0.6 is 11.3 Å². The summed E-state index contributed by atoms with van der Waals surface area (Å²) in [6, 6.07) is 11.4. The van der Waals surface area contributed by atoms with Crippen molar-refractivity contribution in [3.05, 3.63) is 52.2 Å². The van der Waals surface area contributed by atoms with Crippen LogP contribution in [-0.4, -0.2) is 18.4 Å². The molecule has 0 saturated carbocycles. The second kappa shape index (κ2) is 7.18. The van der Waals surface area contributed by atoms with E-state index in [1.54, 1.807) is 22.3 Å². The summed E-state index contributed by atoms with van der Waals surface area (Å²) in [7, 11) is 0. The minimum Gasteiger partial charge on any atom is -0.344 e. The van der Waals surface area contributed by atoms with Crippen LogP contribution in [0, 0.1) is 5.92 Å². The predicted molar refractivity (Wildman–Crippen MR) is 97.4 cm³/mol. The molecule has 2 heterocycles. The Morgan fingerprint density at radius 1 is 1.25 bits per heavy atom. The van der Waals surface area contributed by atoms with E-state index < -0.39 is 0 Å². The molecule has 2 amide bonds. The molecule has 1 aromatic carbocycles. The number of hydrogen-bond acceptors (Lipinski definition) is 3. The lowest BCUT2D eigenvalue weighted by molar-refractivity contribution is -0.117. The maximum atomic E-state index is 12.7. The predicted octanol–water partition coefficient (Wildman–Crippen LogP) is 4.00. The summed E-state index contributed by atoms with van der Waals surface area (Å²) in [4.78, 5) is 27.5. The summed E-state index contributed by atoms with van der Waals surface area (Å²) in [5, 5.41) is 5.16. The Balaban J connectivity index is 1.78. The van der Waals surface area contributed by atoms with Crippen LogP contribution < -0.4 is 10.2 Å². The van der Waals surface area contributed by atoms with Crippen molar-refractivity contribution in [1.82, 2.24) is 5.32 Å². The standard InChI is InChI=1S/C19H22N2O2S/c1-13(2)18(16-8-5-11-24-16)20-19(23)14-6-3-7-15(12-14)21-10-4-9-17(21)22/h3,5-8,11-13,18H,4,9-10H2,1-2H3,(H,20,23). The summed E-state index contributed by atoms with van der Waals surface area (Å²) < 4.78 is 0. The summed E-state index contributed by atoms with van der Waals surface area (Å²) in [6.45, 7) is 4.93. The Labute approximate surface area is 146 Å². The van der Waals surface area contributed by atoms with Gasteiger partial charge in [0.05, 0.1) is 6.04 Å². The number of nitrogens with one attached hydrogen (secondary N) is 1. The summed E-state index contributed by atoms with van der Waals surface area (Å²) in [5.74, 6) is 0.331. The highest BCUT2D eigenvalue weighted by molar-refractivity contribution is 7.10. The van der Waals surface area contributed by atoms with E-state index in [2.05, 4.69) is 25.2 Å². The normalized spacial score (nSPS) is 15.8. The number of carbonyl (C=O) groups excluding carboxylic acids is 2. The molecule has 0 aliphatic carbocycles. The first-order valence-electron chi connectivity index (χ1n) is 8.31. The molecule has 24 heavy (non-hydrogen) atoms. The zero-order valence-corrected chi connectivity index (χ0v) is 14.8. The molecule has 3 rings (SSSR count). The van der Waals surface area contributed by atoms with Gasteiger partial charge in [-0.1, -0.05) is 26.0 Å². The van der Waals surface area contributed by atoms with Crippen molar-refractivity contribution in [2.24, 2.45) is 5.92 Å². The van der Waals surface area contributed by atoms with E-state index in [1.165, 1.54) is 0 Å². The Morgan fingerprint density at radius 3 is 2.71 bits per heavy atom. The summed E-state index contributed by atoms with van der Waals surface area (Å²) in [5.41, 5.74) is 1.40. The van der Waals surface area contributed by atoms with Crippen molar-refractivity contribution in [2.45, 2.75) is 32.7 Å². The molecule has 1 N–H and O–H groups in total. The largest absolute Gasteiger partial charge is 0.344 e. The number of carbonyl (C=O) groups is 2. The molecule has 1 unspecified atom stereocenters. The van der Waals surface area contributed by atoms with Gasteiger partial charge in [-0.2, -0.15) is 0 Å². The van der Waals surface area contributed by atoms with E-state index in [-0.39, 0.29) is 17.9 Å². The van der Waals surface area contributed by atoms with Gasteiger partial charge in [0, 0.05) is 29.1 Å². The van der Waals surface area contributed by atoms with Gasteiger partial charge in [0.1, 0.15) is 0 Å². The van der Waals surface area contributed by atoms with Crippen LogP contribution in [0.1, 0.15) is 48.0 Å². The molecule has 0 spiro atoms. The van der Waals surface area contributed by atoms with E-state index in [4.69, 9.17) is 0 Å². The number of rotatable bonds is 5. The minimum atomic E-state index is -0.101. The lowest BCUT2D eigenvalue weighted by atomic mass is 10.0. The van der Waals surface area contributed by atoms with Crippen molar-refractivity contribution in [3.8, 4) is 0 Å². The van der Waals surface area contributed by atoms with Gasteiger partial charge in [0.15, 0.2) is 0 Å². The molecule has 0 bridgehead atoms. The van der Waals surface area contributed by atoms with Crippen molar-refractivity contribution >= 4 is 28.8 Å². The third-order valence-corrected chi connectivity index (χ3v) is 5.25. The molecule has 1 aliphatic rings. The summed E-state index contributed by atoms with van der Waals surface area (Å²) in [6.07, 6.45) is 1.47. The third kappa shape index (κ3) is 3.51. The number of amides is 2. The number of anilines is 1. The van der Waals surface area contributed by atoms with Crippen LogP contribution in [0.2, 0.25) is 0 Å². The minimum absolute atomic E-state index is 0.00502. The molecule has 1 atom stereocenters. The highest BCUT2D eigenvalue weighted by Gasteiger charge is 2.23. The average molecular weight is 342 g/mol. The van der Waals surface area contributed by atoms with E-state index in [0.717, 1.165) is 23.5 Å². The molecule has 5 heteroatoms. The highest BCUT2D eigenvalue weighted by Crippen LogP contribution is 2.27. The van der Waals surface area contributed by atoms with Crippen molar-refractivity contribution in [2.75, 3.05) is 11.4 Å².